The lowest BCUT2D eigenvalue weighted by Crippen LogP contribution is -2.30. The second kappa shape index (κ2) is 5.09. The predicted octanol–water partition coefficient (Wildman–Crippen LogP) is 2.27. The van der Waals surface area contributed by atoms with Crippen molar-refractivity contribution in [3.05, 3.63) is 30.6 Å². The third-order valence-electron chi connectivity index (χ3n) is 3.38. The molecule has 2 aromatic rings. The Morgan fingerprint density at radius 2 is 2.11 bits per heavy atom. The molecule has 1 aromatic carbocycles. The molecule has 0 unspecified atom stereocenters. The third-order valence-corrected chi connectivity index (χ3v) is 3.58. The van der Waals surface area contributed by atoms with Crippen LogP contribution < -0.4 is 10.6 Å². The van der Waals surface area contributed by atoms with Gasteiger partial charge in [0, 0.05) is 24.4 Å². The number of hydrogen-bond acceptors (Lipinski definition) is 4. The number of rotatable bonds is 5. The molecule has 3 rings (SSSR count). The van der Waals surface area contributed by atoms with Gasteiger partial charge >= 0.3 is 0 Å². The lowest BCUT2D eigenvalue weighted by atomic mass is 10.2. The minimum Gasteiger partial charge on any atom is -0.393 e. The molecule has 0 aliphatic heterocycles. The highest BCUT2D eigenvalue weighted by Crippen LogP contribution is 2.33. The predicted molar refractivity (Wildman–Crippen MR) is 81.3 cm³/mol. The molecule has 0 amide bonds. The van der Waals surface area contributed by atoms with Crippen LogP contribution in [0.3, 0.4) is 0 Å². The minimum atomic E-state index is 0.559. The van der Waals surface area contributed by atoms with Gasteiger partial charge in [0.05, 0.1) is 10.5 Å². The Balaban J connectivity index is 1.97. The molecule has 1 aliphatic carbocycles. The van der Waals surface area contributed by atoms with Crippen LogP contribution in [0.25, 0.3) is 10.9 Å². The van der Waals surface area contributed by atoms with Crippen LogP contribution in [-0.2, 0) is 0 Å². The van der Waals surface area contributed by atoms with Crippen molar-refractivity contribution in [1.82, 2.24) is 9.97 Å². The average molecular weight is 272 g/mol. The molecule has 0 atom stereocenters. The number of thiocarbonyl (C=S) groups is 1. The molecule has 4 nitrogen and oxygen atoms in total. The fourth-order valence-corrected chi connectivity index (χ4v) is 2.39. The summed E-state index contributed by atoms with van der Waals surface area (Å²) in [4.78, 5) is 11.7. The van der Waals surface area contributed by atoms with Gasteiger partial charge in [-0.3, -0.25) is 0 Å². The van der Waals surface area contributed by atoms with Crippen molar-refractivity contribution in [2.45, 2.75) is 25.3 Å². The van der Waals surface area contributed by atoms with Crippen LogP contribution >= 0.6 is 12.2 Å². The summed E-state index contributed by atoms with van der Waals surface area (Å²) in [7, 11) is 0. The Hall–Kier alpha value is -1.75. The topological polar surface area (TPSA) is 55.0 Å². The zero-order chi connectivity index (χ0) is 13.2. The van der Waals surface area contributed by atoms with Crippen LogP contribution in [0.2, 0.25) is 0 Å². The second-order valence-corrected chi connectivity index (χ2v) is 5.38. The van der Waals surface area contributed by atoms with Crippen LogP contribution in [0, 0.1) is 0 Å². The number of anilines is 1. The van der Waals surface area contributed by atoms with Gasteiger partial charge in [-0.05, 0) is 25.0 Å². The normalized spacial score (nSPS) is 14.5. The summed E-state index contributed by atoms with van der Waals surface area (Å²) in [5.74, 6) is 1.00. The number of nitrogens with zero attached hydrogens (tertiary/aromatic N) is 3. The second-order valence-electron chi connectivity index (χ2n) is 4.86. The first-order valence-corrected chi connectivity index (χ1v) is 6.91. The quantitative estimate of drug-likeness (QED) is 0.846. The fraction of sp³-hybridized carbons (Fsp3) is 0.357. The largest absolute Gasteiger partial charge is 0.393 e. The summed E-state index contributed by atoms with van der Waals surface area (Å²) in [6.45, 7) is 0.834. The van der Waals surface area contributed by atoms with Crippen LogP contribution in [0.4, 0.5) is 5.82 Å². The number of nitrogens with two attached hydrogens (primary N) is 1. The van der Waals surface area contributed by atoms with E-state index in [1.165, 1.54) is 12.8 Å². The van der Waals surface area contributed by atoms with Crippen molar-refractivity contribution >= 4 is 33.9 Å². The average Bonchev–Trinajstić information content (AvgIpc) is 3.23. The van der Waals surface area contributed by atoms with E-state index in [2.05, 4.69) is 20.9 Å². The molecule has 1 saturated carbocycles. The van der Waals surface area contributed by atoms with Crippen molar-refractivity contribution in [1.29, 1.82) is 0 Å². The van der Waals surface area contributed by atoms with Crippen LogP contribution in [0.5, 0.6) is 0 Å². The van der Waals surface area contributed by atoms with Crippen molar-refractivity contribution in [2.24, 2.45) is 5.73 Å². The fourth-order valence-electron chi connectivity index (χ4n) is 2.30. The van der Waals surface area contributed by atoms with Crippen LogP contribution in [0.15, 0.2) is 30.6 Å². The Morgan fingerprint density at radius 1 is 1.32 bits per heavy atom. The first-order valence-electron chi connectivity index (χ1n) is 6.50. The maximum Gasteiger partial charge on any atom is 0.140 e. The zero-order valence-electron chi connectivity index (χ0n) is 10.6. The molecule has 0 radical (unpaired) electrons. The summed E-state index contributed by atoms with van der Waals surface area (Å²) in [5, 5.41) is 1.10. The minimum absolute atomic E-state index is 0.559. The molecule has 98 valence electrons. The molecule has 2 N–H and O–H groups in total. The Labute approximate surface area is 117 Å². The Kier molecular flexibility index (Phi) is 3.29. The molecular weight excluding hydrogens is 256 g/mol. The van der Waals surface area contributed by atoms with Gasteiger partial charge in [0.25, 0.3) is 0 Å². The third kappa shape index (κ3) is 2.66. The first kappa shape index (κ1) is 12.3. The number of hydrogen-bond donors (Lipinski definition) is 1. The van der Waals surface area contributed by atoms with Gasteiger partial charge in [0.1, 0.15) is 12.1 Å². The highest BCUT2D eigenvalue weighted by Gasteiger charge is 2.30. The maximum atomic E-state index is 5.62. The van der Waals surface area contributed by atoms with Gasteiger partial charge in [-0.15, -0.1) is 0 Å². The van der Waals surface area contributed by atoms with Crippen molar-refractivity contribution in [3.8, 4) is 0 Å². The molecule has 0 spiro atoms. The number of para-hydroxylation sites is 1. The van der Waals surface area contributed by atoms with E-state index in [1.54, 1.807) is 6.33 Å². The Morgan fingerprint density at radius 3 is 2.84 bits per heavy atom. The van der Waals surface area contributed by atoms with E-state index >= 15 is 0 Å². The molecule has 1 fully saturated rings. The van der Waals surface area contributed by atoms with Gasteiger partial charge in [-0.1, -0.05) is 24.4 Å². The summed E-state index contributed by atoms with van der Waals surface area (Å²) in [5.41, 5.74) is 6.60. The lowest BCUT2D eigenvalue weighted by Gasteiger charge is -2.24. The van der Waals surface area contributed by atoms with Crippen molar-refractivity contribution in [2.75, 3.05) is 11.4 Å². The summed E-state index contributed by atoms with van der Waals surface area (Å²) >= 11 is 4.99. The SMILES string of the molecule is NC(=S)CCN(c1ncnc2ccccc12)C1CC1. The molecule has 19 heavy (non-hydrogen) atoms. The smallest absolute Gasteiger partial charge is 0.140 e. The summed E-state index contributed by atoms with van der Waals surface area (Å²) < 4.78 is 0. The van der Waals surface area contributed by atoms with Crippen LogP contribution in [0.1, 0.15) is 19.3 Å². The van der Waals surface area contributed by atoms with E-state index in [0.717, 1.165) is 29.7 Å². The van der Waals surface area contributed by atoms with Gasteiger partial charge in [0.2, 0.25) is 0 Å². The van der Waals surface area contributed by atoms with Crippen molar-refractivity contribution in [3.63, 3.8) is 0 Å². The maximum absolute atomic E-state index is 5.62. The molecule has 1 aromatic heterocycles. The lowest BCUT2D eigenvalue weighted by molar-refractivity contribution is 0.788. The highest BCUT2D eigenvalue weighted by molar-refractivity contribution is 7.80. The molecule has 0 saturated heterocycles. The highest BCUT2D eigenvalue weighted by atomic mass is 32.1. The first-order chi connectivity index (χ1) is 9.25. The van der Waals surface area contributed by atoms with E-state index in [1.807, 2.05) is 18.2 Å². The van der Waals surface area contributed by atoms with Gasteiger partial charge < -0.3 is 10.6 Å². The molecule has 0 bridgehead atoms. The van der Waals surface area contributed by atoms with E-state index in [4.69, 9.17) is 18.0 Å². The molecule has 1 aliphatic rings. The number of fused-ring (bicyclic) bond motifs is 1. The number of benzene rings is 1. The van der Waals surface area contributed by atoms with Gasteiger partial charge in [-0.2, -0.15) is 0 Å². The molecule has 5 heteroatoms. The standard InChI is InChI=1S/C14H16N4S/c15-13(19)7-8-18(10-5-6-10)14-11-3-1-2-4-12(11)16-9-17-14/h1-4,9-10H,5-8H2,(H2,15,19). The molecule has 1 heterocycles. The monoisotopic (exact) mass is 272 g/mol. The van der Waals surface area contributed by atoms with E-state index in [0.29, 0.717) is 11.0 Å². The van der Waals surface area contributed by atoms with Crippen molar-refractivity contribution < 1.29 is 0 Å². The summed E-state index contributed by atoms with van der Waals surface area (Å²) in [6.07, 6.45) is 4.79. The number of aromatic nitrogens is 2. The van der Waals surface area contributed by atoms with E-state index in [9.17, 15) is 0 Å². The van der Waals surface area contributed by atoms with E-state index in [-0.39, 0.29) is 0 Å². The zero-order valence-corrected chi connectivity index (χ0v) is 11.4. The van der Waals surface area contributed by atoms with Crippen LogP contribution in [-0.4, -0.2) is 27.5 Å². The van der Waals surface area contributed by atoms with E-state index < -0.39 is 0 Å². The summed E-state index contributed by atoms with van der Waals surface area (Å²) in [6, 6.07) is 8.68. The molecular formula is C14H16N4S. The van der Waals surface area contributed by atoms with Gasteiger partial charge in [-0.25, -0.2) is 9.97 Å². The van der Waals surface area contributed by atoms with Gasteiger partial charge in [0.15, 0.2) is 0 Å². The Bertz CT molecular complexity index is 604.